The monoisotopic (exact) mass is 586 g/mol. The number of hydrogen-bond acceptors (Lipinski definition) is 1. The van der Waals surface area contributed by atoms with E-state index in [-0.39, 0.29) is 0 Å². The molecule has 0 saturated heterocycles. The van der Waals surface area contributed by atoms with E-state index < -0.39 is 0 Å². The minimum atomic E-state index is 0.996. The zero-order chi connectivity index (χ0) is 30.6. The Morgan fingerprint density at radius 2 is 1.15 bits per heavy atom. The molecule has 2 nitrogen and oxygen atoms in total. The summed E-state index contributed by atoms with van der Waals surface area (Å²) in [6.07, 6.45) is 0. The molecule has 216 valence electrons. The minimum Gasteiger partial charge on any atom is -0.292 e. The Morgan fingerprint density at radius 3 is 2.02 bits per heavy atom. The fourth-order valence-electron chi connectivity index (χ4n) is 7.23. The van der Waals surface area contributed by atoms with E-state index in [1.807, 2.05) is 0 Å². The Morgan fingerprint density at radius 1 is 0.478 bits per heavy atom. The fourth-order valence-corrected chi connectivity index (χ4v) is 7.23. The molecule has 7 aromatic carbocycles. The Bertz CT molecular complexity index is 2750. The van der Waals surface area contributed by atoms with Crippen molar-refractivity contribution in [3.8, 4) is 0 Å². The third kappa shape index (κ3) is 4.08. The summed E-state index contributed by atoms with van der Waals surface area (Å²) in [5.74, 6) is 0. The number of imidazole rings is 1. The van der Waals surface area contributed by atoms with Gasteiger partial charge in [0.2, 0.25) is 0 Å². The lowest BCUT2D eigenvalue weighted by Crippen LogP contribution is -2.29. The Kier molecular flexibility index (Phi) is 6.07. The molecule has 0 amide bonds. The van der Waals surface area contributed by atoms with Crippen molar-refractivity contribution in [2.45, 2.75) is 6.92 Å². The molecule has 9 rings (SSSR count). The summed E-state index contributed by atoms with van der Waals surface area (Å²) in [6.45, 7) is 2.26. The lowest BCUT2D eigenvalue weighted by molar-refractivity contribution is 1.31. The van der Waals surface area contributed by atoms with Crippen LogP contribution in [0.2, 0.25) is 0 Å². The maximum absolute atomic E-state index is 5.11. The molecule has 0 aliphatic carbocycles. The third-order valence-electron chi connectivity index (χ3n) is 9.41. The first-order valence-electron chi connectivity index (χ1n) is 15.8. The van der Waals surface area contributed by atoms with Crippen LogP contribution in [-0.4, -0.2) is 9.38 Å². The van der Waals surface area contributed by atoms with E-state index >= 15 is 0 Å². The van der Waals surface area contributed by atoms with Crippen molar-refractivity contribution >= 4 is 60.3 Å². The molecular formula is C44H30N2. The molecule has 0 aliphatic heterocycles. The van der Waals surface area contributed by atoms with Crippen LogP contribution in [0.1, 0.15) is 23.6 Å². The first kappa shape index (κ1) is 26.4. The summed E-state index contributed by atoms with van der Waals surface area (Å²) >= 11 is 0. The van der Waals surface area contributed by atoms with E-state index in [1.54, 1.807) is 0 Å². The molecule has 0 N–H and O–H groups in total. The van der Waals surface area contributed by atoms with E-state index in [0.29, 0.717) is 0 Å². The van der Waals surface area contributed by atoms with Gasteiger partial charge in [-0.1, -0.05) is 140 Å². The molecule has 2 heteroatoms. The van der Waals surface area contributed by atoms with Crippen LogP contribution >= 0.6 is 0 Å². The van der Waals surface area contributed by atoms with Gasteiger partial charge in [-0.15, -0.1) is 0 Å². The first-order valence-corrected chi connectivity index (χ1v) is 15.8. The van der Waals surface area contributed by atoms with Crippen LogP contribution in [0.3, 0.4) is 0 Å². The SMILES string of the molecule is C/C(c1ccc2c(c1)c1ccccc1n1c3ccccc3nc21)=c1/cccc/c1=C(/c1ccccc1)c1cccc2ccccc12. The highest BCUT2D eigenvalue weighted by Crippen LogP contribution is 2.34. The van der Waals surface area contributed by atoms with Gasteiger partial charge >= 0.3 is 0 Å². The quantitative estimate of drug-likeness (QED) is 0.189. The molecule has 0 spiro atoms. The van der Waals surface area contributed by atoms with Crippen molar-refractivity contribution in [3.05, 3.63) is 191 Å². The molecule has 0 bridgehead atoms. The van der Waals surface area contributed by atoms with Crippen LogP contribution in [0, 0.1) is 0 Å². The average molecular weight is 587 g/mol. The van der Waals surface area contributed by atoms with E-state index in [9.17, 15) is 0 Å². The van der Waals surface area contributed by atoms with Crippen molar-refractivity contribution in [1.82, 2.24) is 9.38 Å². The number of pyridine rings is 1. The Balaban J connectivity index is 1.39. The highest BCUT2D eigenvalue weighted by Gasteiger charge is 2.15. The molecule has 0 radical (unpaired) electrons. The largest absolute Gasteiger partial charge is 0.292 e. The number of benzene rings is 7. The summed E-state index contributed by atoms with van der Waals surface area (Å²) in [4.78, 5) is 5.11. The number of rotatable bonds is 3. The van der Waals surface area contributed by atoms with Gasteiger partial charge < -0.3 is 0 Å². The van der Waals surface area contributed by atoms with Gasteiger partial charge in [0.05, 0.1) is 16.6 Å². The van der Waals surface area contributed by atoms with Gasteiger partial charge in [-0.25, -0.2) is 4.98 Å². The second-order valence-electron chi connectivity index (χ2n) is 12.0. The molecule has 2 heterocycles. The van der Waals surface area contributed by atoms with E-state index in [1.165, 1.54) is 65.3 Å². The Labute approximate surface area is 266 Å². The summed E-state index contributed by atoms with van der Waals surface area (Å²) in [5, 5.41) is 8.55. The predicted molar refractivity (Wildman–Crippen MR) is 194 cm³/mol. The lowest BCUT2D eigenvalue weighted by Gasteiger charge is -2.14. The average Bonchev–Trinajstić information content (AvgIpc) is 3.52. The normalized spacial score (nSPS) is 13.2. The maximum atomic E-state index is 5.11. The zero-order valence-corrected chi connectivity index (χ0v) is 25.5. The predicted octanol–water partition coefficient (Wildman–Crippen LogP) is 9.41. The molecule has 0 aliphatic rings. The van der Waals surface area contributed by atoms with E-state index in [4.69, 9.17) is 4.98 Å². The molecule has 0 atom stereocenters. The van der Waals surface area contributed by atoms with Gasteiger partial charge in [-0.2, -0.15) is 0 Å². The van der Waals surface area contributed by atoms with Gasteiger partial charge in [0.25, 0.3) is 0 Å². The molecule has 2 aromatic heterocycles. The van der Waals surface area contributed by atoms with Crippen LogP contribution in [0.4, 0.5) is 0 Å². The zero-order valence-electron chi connectivity index (χ0n) is 25.5. The highest BCUT2D eigenvalue weighted by atomic mass is 15.0. The van der Waals surface area contributed by atoms with Crippen LogP contribution in [0.5, 0.6) is 0 Å². The van der Waals surface area contributed by atoms with Crippen molar-refractivity contribution in [1.29, 1.82) is 0 Å². The van der Waals surface area contributed by atoms with Gasteiger partial charge in [0.15, 0.2) is 0 Å². The second kappa shape index (κ2) is 10.6. The standard InChI is InChI=1S/C44H30N2/c1-29(32-26-27-38-39(28-32)35-20-9-11-24-41(35)46-42-25-12-10-23-40(42)45-44(38)46)33-18-7-8-21-36(33)43(31-15-3-2-4-16-31)37-22-13-17-30-14-5-6-19-34(30)37/h2-28H,1H3/b33-29+,43-36+. The molecule has 0 saturated carbocycles. The van der Waals surface area contributed by atoms with Crippen molar-refractivity contribution in [3.63, 3.8) is 0 Å². The summed E-state index contributed by atoms with van der Waals surface area (Å²) < 4.78 is 2.31. The molecule has 0 unspecified atom stereocenters. The number of aromatic nitrogens is 2. The van der Waals surface area contributed by atoms with E-state index in [0.717, 1.165) is 22.1 Å². The van der Waals surface area contributed by atoms with Crippen molar-refractivity contribution < 1.29 is 0 Å². The first-order chi connectivity index (χ1) is 22.8. The third-order valence-corrected chi connectivity index (χ3v) is 9.41. The summed E-state index contributed by atoms with van der Waals surface area (Å²) in [7, 11) is 0. The van der Waals surface area contributed by atoms with Gasteiger partial charge in [-0.05, 0) is 85.6 Å². The van der Waals surface area contributed by atoms with Gasteiger partial charge in [0, 0.05) is 10.8 Å². The smallest absolute Gasteiger partial charge is 0.146 e. The molecular weight excluding hydrogens is 556 g/mol. The highest BCUT2D eigenvalue weighted by molar-refractivity contribution is 6.14. The number of nitrogens with zero attached hydrogens (tertiary/aromatic N) is 2. The lowest BCUT2D eigenvalue weighted by atomic mass is 9.90. The van der Waals surface area contributed by atoms with E-state index in [2.05, 4.69) is 175 Å². The van der Waals surface area contributed by atoms with Crippen LogP contribution in [0.15, 0.2) is 164 Å². The second-order valence-corrected chi connectivity index (χ2v) is 12.0. The van der Waals surface area contributed by atoms with Crippen LogP contribution < -0.4 is 10.4 Å². The molecule has 46 heavy (non-hydrogen) atoms. The Hall–Kier alpha value is -5.99. The fraction of sp³-hybridized carbons (Fsp3) is 0.0227. The topological polar surface area (TPSA) is 17.3 Å². The van der Waals surface area contributed by atoms with Crippen LogP contribution in [0.25, 0.3) is 60.3 Å². The number of para-hydroxylation sites is 3. The van der Waals surface area contributed by atoms with Crippen molar-refractivity contribution in [2.24, 2.45) is 0 Å². The van der Waals surface area contributed by atoms with Crippen molar-refractivity contribution in [2.75, 3.05) is 0 Å². The molecule has 9 aromatic rings. The number of hydrogen-bond donors (Lipinski definition) is 0. The van der Waals surface area contributed by atoms with Gasteiger partial charge in [0.1, 0.15) is 5.65 Å². The summed E-state index contributed by atoms with van der Waals surface area (Å²) in [5.41, 5.74) is 10.4. The summed E-state index contributed by atoms with van der Waals surface area (Å²) in [6, 6.07) is 59.0. The number of fused-ring (bicyclic) bond motifs is 9. The maximum Gasteiger partial charge on any atom is 0.146 e. The molecule has 0 fully saturated rings. The van der Waals surface area contributed by atoms with Crippen LogP contribution in [-0.2, 0) is 0 Å². The minimum absolute atomic E-state index is 0.996. The van der Waals surface area contributed by atoms with Gasteiger partial charge in [-0.3, -0.25) is 4.40 Å².